The average molecular weight is 450 g/mol. The molecule has 0 saturated carbocycles. The van der Waals surface area contributed by atoms with Gasteiger partial charge in [-0.3, -0.25) is 34.1 Å². The molecule has 33 heavy (non-hydrogen) atoms. The van der Waals surface area contributed by atoms with Crippen molar-refractivity contribution < 1.29 is 19.2 Å². The summed E-state index contributed by atoms with van der Waals surface area (Å²) in [7, 11) is 0. The number of hydrogen-bond donors (Lipinski definition) is 3. The number of carbonyl (C=O) groups excluding carboxylic acids is 4. The molecule has 5 rings (SSSR count). The highest BCUT2D eigenvalue weighted by atomic mass is 16.2. The molecule has 4 amide bonds. The number of aromatic nitrogens is 2. The van der Waals surface area contributed by atoms with E-state index in [-0.39, 0.29) is 18.4 Å². The van der Waals surface area contributed by atoms with Crippen molar-refractivity contribution in [1.82, 2.24) is 25.3 Å². The lowest BCUT2D eigenvalue weighted by atomic mass is 9.98. The maximum absolute atomic E-state index is 13.2. The molecule has 2 saturated heterocycles. The van der Waals surface area contributed by atoms with E-state index in [9.17, 15) is 19.2 Å². The summed E-state index contributed by atoms with van der Waals surface area (Å²) in [4.78, 5) is 50.9. The predicted octanol–water partition coefficient (Wildman–Crippen LogP) is 0.896. The standard InChI is InChI=1S/C23H26N6O4/c30-19-5-4-17(21(31)26-19)29-22(32)16-3-1-2-15(20(16)23(29)33)12-25-18-8-11-28(27-18)13-14-6-9-24-10-7-14/h1-3,8,11,14,17,24H,4-7,9-10,12-13H2,(H,25,27)(H,26,30,31). The minimum Gasteiger partial charge on any atom is -0.364 e. The Kier molecular flexibility index (Phi) is 5.67. The maximum atomic E-state index is 13.2. The summed E-state index contributed by atoms with van der Waals surface area (Å²) in [5.74, 6) is -0.702. The summed E-state index contributed by atoms with van der Waals surface area (Å²) in [6, 6.07) is 6.04. The Bertz CT molecular complexity index is 1120. The van der Waals surface area contributed by atoms with Crippen molar-refractivity contribution in [3.05, 3.63) is 47.2 Å². The van der Waals surface area contributed by atoms with E-state index in [1.165, 1.54) is 0 Å². The van der Waals surface area contributed by atoms with Gasteiger partial charge >= 0.3 is 0 Å². The lowest BCUT2D eigenvalue weighted by Gasteiger charge is -2.27. The minimum atomic E-state index is -0.971. The van der Waals surface area contributed by atoms with Crippen LogP contribution in [0.3, 0.4) is 0 Å². The minimum absolute atomic E-state index is 0.0955. The van der Waals surface area contributed by atoms with Crippen LogP contribution in [-0.2, 0) is 22.7 Å². The van der Waals surface area contributed by atoms with E-state index in [0.29, 0.717) is 29.4 Å². The zero-order chi connectivity index (χ0) is 22.9. The van der Waals surface area contributed by atoms with E-state index in [0.717, 1.165) is 37.4 Å². The van der Waals surface area contributed by atoms with Gasteiger partial charge in [0.05, 0.1) is 11.1 Å². The molecule has 2 aromatic rings. The van der Waals surface area contributed by atoms with Crippen molar-refractivity contribution in [2.24, 2.45) is 5.92 Å². The maximum Gasteiger partial charge on any atom is 0.262 e. The molecule has 4 heterocycles. The molecule has 3 aliphatic rings. The molecular formula is C23H26N6O4. The van der Waals surface area contributed by atoms with Gasteiger partial charge in [-0.05, 0) is 49.9 Å². The second kappa shape index (κ2) is 8.78. The molecule has 1 aromatic carbocycles. The van der Waals surface area contributed by atoms with Gasteiger partial charge < -0.3 is 10.6 Å². The van der Waals surface area contributed by atoms with Gasteiger partial charge in [0.1, 0.15) is 11.9 Å². The molecular weight excluding hydrogens is 424 g/mol. The highest BCUT2D eigenvalue weighted by Crippen LogP contribution is 2.30. The summed E-state index contributed by atoms with van der Waals surface area (Å²) in [6.07, 6.45) is 4.45. The monoisotopic (exact) mass is 450 g/mol. The second-order valence-electron chi connectivity index (χ2n) is 8.76. The van der Waals surface area contributed by atoms with Crippen LogP contribution in [0.4, 0.5) is 5.82 Å². The number of amides is 4. The second-order valence-corrected chi connectivity index (χ2v) is 8.76. The molecule has 3 aliphatic heterocycles. The lowest BCUT2D eigenvalue weighted by Crippen LogP contribution is -2.54. The van der Waals surface area contributed by atoms with Crippen molar-refractivity contribution in [2.45, 2.75) is 44.8 Å². The summed E-state index contributed by atoms with van der Waals surface area (Å²) in [5, 5.41) is 13.4. The quantitative estimate of drug-likeness (QED) is 0.558. The molecule has 0 radical (unpaired) electrons. The van der Waals surface area contributed by atoms with Crippen LogP contribution >= 0.6 is 0 Å². The van der Waals surface area contributed by atoms with E-state index in [1.807, 2.05) is 16.9 Å². The first kappa shape index (κ1) is 21.3. The van der Waals surface area contributed by atoms with Crippen LogP contribution in [0.1, 0.15) is 52.0 Å². The molecule has 10 nitrogen and oxygen atoms in total. The SMILES string of the molecule is O=C1CCC(N2C(=O)c3cccc(CNc4ccn(CC5CCNCC5)n4)c3C2=O)C(=O)N1. The lowest BCUT2D eigenvalue weighted by molar-refractivity contribution is -0.136. The molecule has 0 spiro atoms. The smallest absolute Gasteiger partial charge is 0.262 e. The number of imide groups is 2. The zero-order valence-electron chi connectivity index (χ0n) is 18.2. The Morgan fingerprint density at radius 1 is 1.03 bits per heavy atom. The number of fused-ring (bicyclic) bond motifs is 1. The third-order valence-corrected chi connectivity index (χ3v) is 6.56. The molecule has 172 valence electrons. The number of nitrogens with one attached hydrogen (secondary N) is 3. The summed E-state index contributed by atoms with van der Waals surface area (Å²) in [5.41, 5.74) is 1.24. The van der Waals surface area contributed by atoms with Crippen molar-refractivity contribution in [2.75, 3.05) is 18.4 Å². The van der Waals surface area contributed by atoms with Gasteiger partial charge in [0.25, 0.3) is 11.8 Å². The van der Waals surface area contributed by atoms with Gasteiger partial charge in [0, 0.05) is 31.8 Å². The Labute approximate surface area is 190 Å². The Morgan fingerprint density at radius 2 is 1.85 bits per heavy atom. The predicted molar refractivity (Wildman–Crippen MR) is 118 cm³/mol. The molecule has 2 fully saturated rings. The Balaban J connectivity index is 1.29. The largest absolute Gasteiger partial charge is 0.364 e. The highest BCUT2D eigenvalue weighted by Gasteiger charge is 2.45. The first-order valence-electron chi connectivity index (χ1n) is 11.3. The van der Waals surface area contributed by atoms with Crippen LogP contribution in [0.2, 0.25) is 0 Å². The van der Waals surface area contributed by atoms with Crippen LogP contribution in [0.15, 0.2) is 30.5 Å². The molecule has 1 aromatic heterocycles. The zero-order valence-corrected chi connectivity index (χ0v) is 18.2. The van der Waals surface area contributed by atoms with Crippen molar-refractivity contribution in [1.29, 1.82) is 0 Å². The van der Waals surface area contributed by atoms with E-state index in [4.69, 9.17) is 0 Å². The van der Waals surface area contributed by atoms with Gasteiger partial charge in [-0.15, -0.1) is 0 Å². The van der Waals surface area contributed by atoms with Crippen LogP contribution in [-0.4, -0.2) is 57.4 Å². The molecule has 0 aliphatic carbocycles. The molecule has 3 N–H and O–H groups in total. The Morgan fingerprint density at radius 3 is 2.64 bits per heavy atom. The van der Waals surface area contributed by atoms with E-state index in [2.05, 4.69) is 21.0 Å². The van der Waals surface area contributed by atoms with Crippen LogP contribution in [0.25, 0.3) is 0 Å². The molecule has 10 heteroatoms. The summed E-state index contributed by atoms with van der Waals surface area (Å²) >= 11 is 0. The molecule has 1 unspecified atom stereocenters. The fraction of sp³-hybridized carbons (Fsp3) is 0.435. The third-order valence-electron chi connectivity index (χ3n) is 6.56. The number of benzene rings is 1. The Hall–Kier alpha value is -3.53. The third kappa shape index (κ3) is 4.13. The van der Waals surface area contributed by atoms with Gasteiger partial charge in [0.2, 0.25) is 11.8 Å². The van der Waals surface area contributed by atoms with Gasteiger partial charge in [-0.2, -0.15) is 5.10 Å². The summed E-state index contributed by atoms with van der Waals surface area (Å²) < 4.78 is 1.94. The molecule has 1 atom stereocenters. The highest BCUT2D eigenvalue weighted by molar-refractivity contribution is 6.24. The van der Waals surface area contributed by atoms with Crippen LogP contribution in [0.5, 0.6) is 0 Å². The van der Waals surface area contributed by atoms with Gasteiger partial charge in [-0.25, -0.2) is 0 Å². The van der Waals surface area contributed by atoms with Gasteiger partial charge in [-0.1, -0.05) is 12.1 Å². The number of anilines is 1. The molecule has 0 bridgehead atoms. The first-order chi connectivity index (χ1) is 16.0. The number of carbonyl (C=O) groups is 4. The van der Waals surface area contributed by atoms with Crippen molar-refractivity contribution >= 4 is 29.4 Å². The van der Waals surface area contributed by atoms with Crippen molar-refractivity contribution in [3.63, 3.8) is 0 Å². The van der Waals surface area contributed by atoms with E-state index in [1.54, 1.807) is 18.2 Å². The number of hydrogen-bond acceptors (Lipinski definition) is 7. The number of piperidine rings is 2. The van der Waals surface area contributed by atoms with E-state index < -0.39 is 29.7 Å². The fourth-order valence-corrected chi connectivity index (χ4v) is 4.80. The van der Waals surface area contributed by atoms with E-state index >= 15 is 0 Å². The van der Waals surface area contributed by atoms with Crippen molar-refractivity contribution in [3.8, 4) is 0 Å². The van der Waals surface area contributed by atoms with Crippen LogP contribution < -0.4 is 16.0 Å². The number of rotatable bonds is 6. The first-order valence-corrected chi connectivity index (χ1v) is 11.3. The van der Waals surface area contributed by atoms with Crippen LogP contribution in [0, 0.1) is 5.92 Å². The number of nitrogens with zero attached hydrogens (tertiary/aromatic N) is 3. The topological polar surface area (TPSA) is 125 Å². The normalized spacial score (nSPS) is 21.3. The summed E-state index contributed by atoms with van der Waals surface area (Å²) in [6.45, 7) is 3.27. The fourth-order valence-electron chi connectivity index (χ4n) is 4.80. The van der Waals surface area contributed by atoms with Gasteiger partial charge in [0.15, 0.2) is 0 Å². The average Bonchev–Trinajstić information content (AvgIpc) is 3.36.